The summed E-state index contributed by atoms with van der Waals surface area (Å²) in [6.45, 7) is 2.69. The van der Waals surface area contributed by atoms with Gasteiger partial charge in [-0.2, -0.15) is 0 Å². The van der Waals surface area contributed by atoms with Gasteiger partial charge in [-0.15, -0.1) is 0 Å². The number of hydrogen-bond donors (Lipinski definition) is 1. The van der Waals surface area contributed by atoms with E-state index in [1.807, 2.05) is 6.92 Å². The molecule has 0 aromatic heterocycles. The molecule has 0 saturated heterocycles. The van der Waals surface area contributed by atoms with Crippen LogP contribution in [0.15, 0.2) is 40.9 Å². The number of nitrogens with one attached hydrogen (secondary N) is 1. The Balaban J connectivity index is 2.33. The van der Waals surface area contributed by atoms with Crippen LogP contribution >= 0.6 is 27.5 Å². The number of likely N-dealkylation sites (N-methyl/N-ethyl adjacent to an activating group) is 1. The SMILES string of the molecule is CCNC(Cc1ccc(F)cc1Br)c1cccc(F)c1Cl. The van der Waals surface area contributed by atoms with Gasteiger partial charge in [-0.1, -0.05) is 52.7 Å². The minimum atomic E-state index is -0.435. The van der Waals surface area contributed by atoms with Crippen molar-refractivity contribution in [2.75, 3.05) is 6.54 Å². The van der Waals surface area contributed by atoms with E-state index in [0.717, 1.165) is 12.1 Å². The molecule has 1 unspecified atom stereocenters. The molecule has 0 amide bonds. The van der Waals surface area contributed by atoms with Gasteiger partial charge in [0.05, 0.1) is 5.02 Å². The van der Waals surface area contributed by atoms with Crippen molar-refractivity contribution in [3.8, 4) is 0 Å². The summed E-state index contributed by atoms with van der Waals surface area (Å²) in [5.41, 5.74) is 1.64. The van der Waals surface area contributed by atoms with Crippen LogP contribution in [0, 0.1) is 11.6 Å². The maximum atomic E-state index is 13.6. The zero-order valence-electron chi connectivity index (χ0n) is 11.5. The van der Waals surface area contributed by atoms with Gasteiger partial charge in [-0.3, -0.25) is 0 Å². The lowest BCUT2D eigenvalue weighted by molar-refractivity contribution is 0.541. The second kappa shape index (κ2) is 7.34. The highest BCUT2D eigenvalue weighted by molar-refractivity contribution is 9.10. The molecule has 0 heterocycles. The third kappa shape index (κ3) is 4.02. The molecule has 0 aliphatic carbocycles. The Kier molecular flexibility index (Phi) is 5.73. The minimum absolute atomic E-state index is 0.127. The molecule has 0 radical (unpaired) electrons. The molecule has 0 saturated carbocycles. The maximum Gasteiger partial charge on any atom is 0.142 e. The number of hydrogen-bond acceptors (Lipinski definition) is 1. The van der Waals surface area contributed by atoms with Gasteiger partial charge >= 0.3 is 0 Å². The summed E-state index contributed by atoms with van der Waals surface area (Å²) >= 11 is 9.43. The molecule has 1 atom stereocenters. The van der Waals surface area contributed by atoms with Crippen LogP contribution in [0.5, 0.6) is 0 Å². The van der Waals surface area contributed by atoms with E-state index in [2.05, 4.69) is 21.2 Å². The van der Waals surface area contributed by atoms with Crippen LogP contribution < -0.4 is 5.32 Å². The molecule has 112 valence electrons. The van der Waals surface area contributed by atoms with Crippen LogP contribution in [0.4, 0.5) is 8.78 Å². The van der Waals surface area contributed by atoms with Gasteiger partial charge in [0, 0.05) is 10.5 Å². The first kappa shape index (κ1) is 16.4. The second-order valence-corrected chi connectivity index (χ2v) is 5.93. The molecule has 2 rings (SSSR count). The van der Waals surface area contributed by atoms with Crippen molar-refractivity contribution < 1.29 is 8.78 Å². The van der Waals surface area contributed by atoms with Gasteiger partial charge in [0.15, 0.2) is 0 Å². The molecule has 0 aliphatic rings. The van der Waals surface area contributed by atoms with Crippen LogP contribution in [0.1, 0.15) is 24.1 Å². The standard InChI is InChI=1S/C16H15BrClF2N/c1-2-21-15(12-4-3-5-14(20)16(12)18)8-10-6-7-11(19)9-13(10)17/h3-7,9,15,21H,2,8H2,1H3. The van der Waals surface area contributed by atoms with Gasteiger partial charge in [-0.05, 0) is 42.3 Å². The summed E-state index contributed by atoms with van der Waals surface area (Å²) in [5, 5.41) is 3.42. The highest BCUT2D eigenvalue weighted by atomic mass is 79.9. The Morgan fingerprint density at radius 2 is 2.00 bits per heavy atom. The molecule has 0 fully saturated rings. The topological polar surface area (TPSA) is 12.0 Å². The molecule has 1 N–H and O–H groups in total. The summed E-state index contributed by atoms with van der Waals surface area (Å²) in [7, 11) is 0. The third-order valence-corrected chi connectivity index (χ3v) is 4.38. The fraction of sp³-hybridized carbons (Fsp3) is 0.250. The van der Waals surface area contributed by atoms with Gasteiger partial charge in [0.25, 0.3) is 0 Å². The summed E-state index contributed by atoms with van der Waals surface area (Å²) < 4.78 is 27.5. The first-order valence-corrected chi connectivity index (χ1v) is 7.81. The average Bonchev–Trinajstić information content (AvgIpc) is 2.44. The monoisotopic (exact) mass is 373 g/mol. The maximum absolute atomic E-state index is 13.6. The molecule has 0 bridgehead atoms. The van der Waals surface area contributed by atoms with E-state index in [1.54, 1.807) is 18.2 Å². The van der Waals surface area contributed by atoms with E-state index in [1.165, 1.54) is 18.2 Å². The largest absolute Gasteiger partial charge is 0.310 e. The van der Waals surface area contributed by atoms with E-state index in [0.29, 0.717) is 16.5 Å². The van der Waals surface area contributed by atoms with Crippen molar-refractivity contribution in [1.29, 1.82) is 0 Å². The van der Waals surface area contributed by atoms with Crippen molar-refractivity contribution in [1.82, 2.24) is 5.32 Å². The van der Waals surface area contributed by atoms with Crippen LogP contribution in [0.3, 0.4) is 0 Å². The van der Waals surface area contributed by atoms with E-state index in [9.17, 15) is 8.78 Å². The molecule has 2 aromatic carbocycles. The van der Waals surface area contributed by atoms with Gasteiger partial charge in [0.1, 0.15) is 11.6 Å². The van der Waals surface area contributed by atoms with Crippen LogP contribution in [0.2, 0.25) is 5.02 Å². The van der Waals surface area contributed by atoms with E-state index in [-0.39, 0.29) is 16.9 Å². The Labute approximate surface area is 136 Å². The predicted octanol–water partition coefficient (Wildman–Crippen LogP) is 5.27. The number of rotatable bonds is 5. The number of halogens is 4. The third-order valence-electron chi connectivity index (χ3n) is 3.25. The fourth-order valence-electron chi connectivity index (χ4n) is 2.24. The molecular weight excluding hydrogens is 360 g/mol. The average molecular weight is 375 g/mol. The predicted molar refractivity (Wildman–Crippen MR) is 85.6 cm³/mol. The summed E-state index contributed by atoms with van der Waals surface area (Å²) in [6.07, 6.45) is 0.581. The Bertz CT molecular complexity index is 634. The summed E-state index contributed by atoms with van der Waals surface area (Å²) in [5.74, 6) is -0.732. The normalized spacial score (nSPS) is 12.4. The van der Waals surface area contributed by atoms with E-state index < -0.39 is 5.82 Å². The first-order chi connectivity index (χ1) is 10.0. The van der Waals surface area contributed by atoms with Crippen LogP contribution in [0.25, 0.3) is 0 Å². The Hall–Kier alpha value is -0.970. The van der Waals surface area contributed by atoms with Crippen LogP contribution in [-0.4, -0.2) is 6.54 Å². The molecule has 1 nitrogen and oxygen atoms in total. The highest BCUT2D eigenvalue weighted by Gasteiger charge is 2.18. The van der Waals surface area contributed by atoms with Crippen LogP contribution in [-0.2, 0) is 6.42 Å². The quantitative estimate of drug-likeness (QED) is 0.751. The van der Waals surface area contributed by atoms with E-state index >= 15 is 0 Å². The first-order valence-electron chi connectivity index (χ1n) is 6.64. The number of benzene rings is 2. The minimum Gasteiger partial charge on any atom is -0.310 e. The lowest BCUT2D eigenvalue weighted by Crippen LogP contribution is -2.23. The summed E-state index contributed by atoms with van der Waals surface area (Å²) in [4.78, 5) is 0. The highest BCUT2D eigenvalue weighted by Crippen LogP contribution is 2.30. The van der Waals surface area contributed by atoms with E-state index in [4.69, 9.17) is 11.6 Å². The van der Waals surface area contributed by atoms with Gasteiger partial charge in [-0.25, -0.2) is 8.78 Å². The molecule has 2 aromatic rings. The van der Waals surface area contributed by atoms with Crippen molar-refractivity contribution in [3.05, 3.63) is 68.7 Å². The van der Waals surface area contributed by atoms with Crippen molar-refractivity contribution >= 4 is 27.5 Å². The molecule has 5 heteroatoms. The fourth-order valence-corrected chi connectivity index (χ4v) is 3.01. The molecule has 21 heavy (non-hydrogen) atoms. The Morgan fingerprint density at radius 3 is 2.67 bits per heavy atom. The smallest absolute Gasteiger partial charge is 0.142 e. The second-order valence-electron chi connectivity index (χ2n) is 4.69. The molecular formula is C16H15BrClF2N. The zero-order chi connectivity index (χ0) is 15.4. The van der Waals surface area contributed by atoms with Gasteiger partial charge in [0.2, 0.25) is 0 Å². The molecule has 0 aliphatic heterocycles. The van der Waals surface area contributed by atoms with Crippen molar-refractivity contribution in [3.63, 3.8) is 0 Å². The Morgan fingerprint density at radius 1 is 1.24 bits per heavy atom. The van der Waals surface area contributed by atoms with Crippen molar-refractivity contribution in [2.45, 2.75) is 19.4 Å². The lowest BCUT2D eigenvalue weighted by Gasteiger charge is -2.20. The lowest BCUT2D eigenvalue weighted by atomic mass is 9.98. The zero-order valence-corrected chi connectivity index (χ0v) is 13.8. The van der Waals surface area contributed by atoms with Gasteiger partial charge < -0.3 is 5.32 Å². The molecule has 0 spiro atoms. The summed E-state index contributed by atoms with van der Waals surface area (Å²) in [6, 6.07) is 9.19. The van der Waals surface area contributed by atoms with Crippen molar-refractivity contribution in [2.24, 2.45) is 0 Å².